The largest absolute Gasteiger partial charge is 0.504 e. The van der Waals surface area contributed by atoms with Crippen LogP contribution in [-0.4, -0.2) is 31.3 Å². The van der Waals surface area contributed by atoms with E-state index in [2.05, 4.69) is 10.6 Å². The highest BCUT2D eigenvalue weighted by molar-refractivity contribution is 5.54. The van der Waals surface area contributed by atoms with Crippen molar-refractivity contribution in [3.05, 3.63) is 18.2 Å². The van der Waals surface area contributed by atoms with Crippen LogP contribution in [0.25, 0.3) is 0 Å². The molecule has 0 saturated carbocycles. The molecule has 1 saturated heterocycles. The summed E-state index contributed by atoms with van der Waals surface area (Å²) in [6, 6.07) is 5.81. The molecule has 3 N–H and O–H groups in total. The average molecular weight is 194 g/mol. The van der Waals surface area contributed by atoms with Crippen LogP contribution in [0.2, 0.25) is 0 Å². The van der Waals surface area contributed by atoms with Gasteiger partial charge in [-0.25, -0.2) is 0 Å². The van der Waals surface area contributed by atoms with E-state index in [4.69, 9.17) is 4.74 Å². The van der Waals surface area contributed by atoms with Crippen LogP contribution in [0.5, 0.6) is 11.5 Å². The van der Waals surface area contributed by atoms with E-state index >= 15 is 0 Å². The van der Waals surface area contributed by atoms with Crippen LogP contribution < -0.4 is 15.4 Å². The fourth-order valence-corrected chi connectivity index (χ4v) is 1.41. The first-order valence-corrected chi connectivity index (χ1v) is 4.64. The van der Waals surface area contributed by atoms with Gasteiger partial charge in [0.25, 0.3) is 0 Å². The van der Waals surface area contributed by atoms with Gasteiger partial charge in [0.05, 0.1) is 13.2 Å². The molecule has 1 aliphatic heterocycles. The van der Waals surface area contributed by atoms with Crippen LogP contribution >= 0.6 is 0 Å². The predicted octanol–water partition coefficient (Wildman–Crippen LogP) is 0.784. The smallest absolute Gasteiger partial charge is 0.160 e. The summed E-state index contributed by atoms with van der Waals surface area (Å²) in [7, 11) is 1.54. The van der Waals surface area contributed by atoms with Gasteiger partial charge in [-0.2, -0.15) is 0 Å². The van der Waals surface area contributed by atoms with Gasteiger partial charge in [-0.3, -0.25) is 0 Å². The highest BCUT2D eigenvalue weighted by Crippen LogP contribution is 2.28. The molecule has 4 heteroatoms. The Hall–Kier alpha value is -1.42. The zero-order valence-corrected chi connectivity index (χ0v) is 8.08. The summed E-state index contributed by atoms with van der Waals surface area (Å²) < 4.78 is 4.96. The standard InChI is InChI=1S/C10H14N2O2/c1-14-10-3-2-7(4-9(10)13)12-8-5-11-6-8/h2-4,8,11-13H,5-6H2,1H3. The fourth-order valence-electron chi connectivity index (χ4n) is 1.41. The zero-order valence-electron chi connectivity index (χ0n) is 8.08. The minimum absolute atomic E-state index is 0.171. The molecule has 2 rings (SSSR count). The Kier molecular flexibility index (Phi) is 2.45. The summed E-state index contributed by atoms with van der Waals surface area (Å²) in [5.74, 6) is 0.673. The van der Waals surface area contributed by atoms with Crippen molar-refractivity contribution in [1.82, 2.24) is 5.32 Å². The molecule has 0 atom stereocenters. The number of benzene rings is 1. The van der Waals surface area contributed by atoms with Crippen molar-refractivity contribution in [2.24, 2.45) is 0 Å². The first-order valence-electron chi connectivity index (χ1n) is 4.64. The van der Waals surface area contributed by atoms with Gasteiger partial charge in [0.1, 0.15) is 0 Å². The van der Waals surface area contributed by atoms with Gasteiger partial charge >= 0.3 is 0 Å². The Balaban J connectivity index is 2.07. The van der Waals surface area contributed by atoms with Crippen molar-refractivity contribution >= 4 is 5.69 Å². The Morgan fingerprint density at radius 1 is 1.50 bits per heavy atom. The molecule has 76 valence electrons. The zero-order chi connectivity index (χ0) is 9.97. The van der Waals surface area contributed by atoms with E-state index in [9.17, 15) is 5.11 Å². The van der Waals surface area contributed by atoms with E-state index in [0.29, 0.717) is 11.8 Å². The van der Waals surface area contributed by atoms with E-state index < -0.39 is 0 Å². The normalized spacial score (nSPS) is 16.1. The van der Waals surface area contributed by atoms with Crippen LogP contribution in [0, 0.1) is 0 Å². The maximum atomic E-state index is 9.51. The highest BCUT2D eigenvalue weighted by atomic mass is 16.5. The maximum Gasteiger partial charge on any atom is 0.160 e. The first kappa shape index (κ1) is 9.15. The summed E-state index contributed by atoms with van der Waals surface area (Å²) >= 11 is 0. The molecule has 0 spiro atoms. The van der Waals surface area contributed by atoms with Crippen LogP contribution in [-0.2, 0) is 0 Å². The van der Waals surface area contributed by atoms with Crippen molar-refractivity contribution in [2.45, 2.75) is 6.04 Å². The van der Waals surface area contributed by atoms with Gasteiger partial charge in [-0.05, 0) is 12.1 Å². The molecule has 0 amide bonds. The van der Waals surface area contributed by atoms with Crippen molar-refractivity contribution in [1.29, 1.82) is 0 Å². The van der Waals surface area contributed by atoms with Crippen LogP contribution in [0.4, 0.5) is 5.69 Å². The molecule has 14 heavy (non-hydrogen) atoms. The second-order valence-corrected chi connectivity index (χ2v) is 3.39. The van der Waals surface area contributed by atoms with E-state index in [0.717, 1.165) is 18.8 Å². The molecule has 0 aromatic heterocycles. The Morgan fingerprint density at radius 2 is 2.29 bits per heavy atom. The third kappa shape index (κ3) is 1.75. The molecule has 1 aromatic carbocycles. The number of anilines is 1. The lowest BCUT2D eigenvalue weighted by Gasteiger charge is -2.29. The summed E-state index contributed by atoms with van der Waals surface area (Å²) in [6.07, 6.45) is 0. The summed E-state index contributed by atoms with van der Waals surface area (Å²) in [6.45, 7) is 1.96. The molecule has 0 radical (unpaired) electrons. The maximum absolute atomic E-state index is 9.51. The lowest BCUT2D eigenvalue weighted by Crippen LogP contribution is -2.51. The van der Waals surface area contributed by atoms with E-state index in [-0.39, 0.29) is 5.75 Å². The number of phenols is 1. The third-order valence-corrected chi connectivity index (χ3v) is 2.33. The average Bonchev–Trinajstić information content (AvgIpc) is 2.12. The number of hydrogen-bond donors (Lipinski definition) is 3. The number of methoxy groups -OCH3 is 1. The third-order valence-electron chi connectivity index (χ3n) is 2.33. The number of hydrogen-bond acceptors (Lipinski definition) is 4. The van der Waals surface area contributed by atoms with Crippen molar-refractivity contribution in [3.63, 3.8) is 0 Å². The van der Waals surface area contributed by atoms with Crippen LogP contribution in [0.1, 0.15) is 0 Å². The summed E-state index contributed by atoms with van der Waals surface area (Å²) in [5, 5.41) is 16.0. The first-order chi connectivity index (χ1) is 6.79. The van der Waals surface area contributed by atoms with Gasteiger partial charge in [0, 0.05) is 24.8 Å². The van der Waals surface area contributed by atoms with E-state index in [1.54, 1.807) is 12.1 Å². The molecule has 1 heterocycles. The number of ether oxygens (including phenoxy) is 1. The number of nitrogens with one attached hydrogen (secondary N) is 2. The van der Waals surface area contributed by atoms with Gasteiger partial charge in [0.2, 0.25) is 0 Å². The number of phenolic OH excluding ortho intramolecular Hbond substituents is 1. The fraction of sp³-hybridized carbons (Fsp3) is 0.400. The lowest BCUT2D eigenvalue weighted by atomic mass is 10.1. The highest BCUT2D eigenvalue weighted by Gasteiger charge is 2.16. The minimum atomic E-state index is 0.171. The van der Waals surface area contributed by atoms with E-state index in [1.165, 1.54) is 7.11 Å². The molecule has 1 aliphatic rings. The molecular formula is C10H14N2O2. The van der Waals surface area contributed by atoms with Crippen molar-refractivity contribution in [2.75, 3.05) is 25.5 Å². The van der Waals surface area contributed by atoms with Gasteiger partial charge < -0.3 is 20.5 Å². The van der Waals surface area contributed by atoms with Crippen LogP contribution in [0.3, 0.4) is 0 Å². The monoisotopic (exact) mass is 194 g/mol. The number of aromatic hydroxyl groups is 1. The molecule has 0 unspecified atom stereocenters. The van der Waals surface area contributed by atoms with Crippen molar-refractivity contribution in [3.8, 4) is 11.5 Å². The molecule has 1 aromatic rings. The quantitative estimate of drug-likeness (QED) is 0.665. The summed E-state index contributed by atoms with van der Waals surface area (Å²) in [5.41, 5.74) is 0.926. The summed E-state index contributed by atoms with van der Waals surface area (Å²) in [4.78, 5) is 0. The predicted molar refractivity (Wildman–Crippen MR) is 54.9 cm³/mol. The molecule has 4 nitrogen and oxygen atoms in total. The van der Waals surface area contributed by atoms with Gasteiger partial charge in [-0.15, -0.1) is 0 Å². The Morgan fingerprint density at radius 3 is 2.79 bits per heavy atom. The Bertz CT molecular complexity index is 324. The second-order valence-electron chi connectivity index (χ2n) is 3.39. The lowest BCUT2D eigenvalue weighted by molar-refractivity contribution is 0.373. The molecular weight excluding hydrogens is 180 g/mol. The molecule has 1 fully saturated rings. The second kappa shape index (κ2) is 3.75. The van der Waals surface area contributed by atoms with E-state index in [1.807, 2.05) is 6.07 Å². The van der Waals surface area contributed by atoms with Gasteiger partial charge in [0.15, 0.2) is 11.5 Å². The molecule has 0 bridgehead atoms. The van der Waals surface area contributed by atoms with Crippen LogP contribution in [0.15, 0.2) is 18.2 Å². The molecule has 0 aliphatic carbocycles. The SMILES string of the molecule is COc1ccc(NC2CNC2)cc1O. The van der Waals surface area contributed by atoms with Crippen molar-refractivity contribution < 1.29 is 9.84 Å². The topological polar surface area (TPSA) is 53.5 Å². The Labute approximate surface area is 82.9 Å². The minimum Gasteiger partial charge on any atom is -0.504 e. The number of rotatable bonds is 3. The van der Waals surface area contributed by atoms with Gasteiger partial charge in [-0.1, -0.05) is 0 Å².